The Morgan fingerprint density at radius 1 is 1.12 bits per heavy atom. The van der Waals surface area contributed by atoms with Gasteiger partial charge in [0, 0.05) is 21.8 Å². The van der Waals surface area contributed by atoms with Crippen LogP contribution in [-0.4, -0.2) is 15.9 Å². The molecule has 3 heterocycles. The van der Waals surface area contributed by atoms with Crippen LogP contribution in [0.3, 0.4) is 0 Å². The smallest absolute Gasteiger partial charge is 0.276 e. The number of hydrogen-bond acceptors (Lipinski definition) is 5. The molecule has 4 aromatic rings. The molecule has 6 heteroatoms. The lowest BCUT2D eigenvalue weighted by atomic mass is 10.1. The van der Waals surface area contributed by atoms with E-state index in [1.807, 2.05) is 41.8 Å². The van der Waals surface area contributed by atoms with Crippen molar-refractivity contribution in [2.45, 2.75) is 6.92 Å². The average molecular weight is 351 g/mol. The molecule has 0 aliphatic heterocycles. The largest absolute Gasteiger partial charge is 0.296 e. The van der Waals surface area contributed by atoms with Gasteiger partial charge in [-0.25, -0.2) is 4.98 Å². The van der Waals surface area contributed by atoms with Gasteiger partial charge < -0.3 is 0 Å². The number of nitrogens with zero attached hydrogens (tertiary/aromatic N) is 2. The first-order valence-corrected chi connectivity index (χ1v) is 9.08. The van der Waals surface area contributed by atoms with Crippen molar-refractivity contribution < 1.29 is 4.79 Å². The standard InChI is InChI=1S/C18H13N3OS2/c1-11-6-7-15(24-11)14-10-23-18(20-14)21-17(22)16-13-5-3-2-4-12(13)8-9-19-16/h2-10H,1H3,(H,20,21,22). The Morgan fingerprint density at radius 3 is 2.83 bits per heavy atom. The average Bonchev–Trinajstić information content (AvgIpc) is 3.23. The van der Waals surface area contributed by atoms with Gasteiger partial charge in [-0.1, -0.05) is 24.3 Å². The Kier molecular flexibility index (Phi) is 3.84. The molecule has 0 atom stereocenters. The number of benzene rings is 1. The highest BCUT2D eigenvalue weighted by Crippen LogP contribution is 2.30. The molecular formula is C18H13N3OS2. The van der Waals surface area contributed by atoms with Crippen LogP contribution < -0.4 is 5.32 Å². The number of aryl methyl sites for hydroxylation is 1. The summed E-state index contributed by atoms with van der Waals surface area (Å²) >= 11 is 3.11. The van der Waals surface area contributed by atoms with E-state index in [1.165, 1.54) is 16.2 Å². The monoisotopic (exact) mass is 351 g/mol. The van der Waals surface area contributed by atoms with Gasteiger partial charge in [0.15, 0.2) is 5.13 Å². The first-order chi connectivity index (χ1) is 11.7. The van der Waals surface area contributed by atoms with Gasteiger partial charge in [0.1, 0.15) is 5.69 Å². The Bertz CT molecular complexity index is 1030. The van der Waals surface area contributed by atoms with Crippen LogP contribution >= 0.6 is 22.7 Å². The van der Waals surface area contributed by atoms with Crippen molar-refractivity contribution in [1.82, 2.24) is 9.97 Å². The molecule has 0 aliphatic rings. The molecule has 0 unspecified atom stereocenters. The predicted molar refractivity (Wildman–Crippen MR) is 99.9 cm³/mol. The van der Waals surface area contributed by atoms with Crippen molar-refractivity contribution in [3.8, 4) is 10.6 Å². The summed E-state index contributed by atoms with van der Waals surface area (Å²) in [5, 5.41) is 7.22. The van der Waals surface area contributed by atoms with Crippen LogP contribution in [0.1, 0.15) is 15.4 Å². The van der Waals surface area contributed by atoms with Crippen molar-refractivity contribution in [3.63, 3.8) is 0 Å². The molecule has 1 N–H and O–H groups in total. The van der Waals surface area contributed by atoms with Gasteiger partial charge in [-0.2, -0.15) is 0 Å². The Morgan fingerprint density at radius 2 is 2.00 bits per heavy atom. The van der Waals surface area contributed by atoms with E-state index in [-0.39, 0.29) is 5.91 Å². The molecule has 0 radical (unpaired) electrons. The minimum absolute atomic E-state index is 0.241. The molecule has 4 rings (SSSR count). The summed E-state index contributed by atoms with van der Waals surface area (Å²) in [7, 11) is 0. The third kappa shape index (κ3) is 2.81. The first kappa shape index (κ1) is 15.0. The summed E-state index contributed by atoms with van der Waals surface area (Å²) < 4.78 is 0. The van der Waals surface area contributed by atoms with E-state index in [2.05, 4.69) is 28.3 Å². The summed E-state index contributed by atoms with van der Waals surface area (Å²) in [6.45, 7) is 2.06. The van der Waals surface area contributed by atoms with Gasteiger partial charge in [-0.3, -0.25) is 15.1 Å². The fourth-order valence-corrected chi connectivity index (χ4v) is 4.08. The van der Waals surface area contributed by atoms with Gasteiger partial charge in [0.05, 0.1) is 10.6 Å². The second-order valence-corrected chi connectivity index (χ2v) is 7.43. The van der Waals surface area contributed by atoms with Gasteiger partial charge >= 0.3 is 0 Å². The summed E-state index contributed by atoms with van der Waals surface area (Å²) in [4.78, 5) is 23.7. The fourth-order valence-electron chi connectivity index (χ4n) is 2.47. The predicted octanol–water partition coefficient (Wildman–Crippen LogP) is 4.98. The topological polar surface area (TPSA) is 54.9 Å². The molecule has 118 valence electrons. The molecule has 0 bridgehead atoms. The van der Waals surface area contributed by atoms with Crippen molar-refractivity contribution in [2.24, 2.45) is 0 Å². The summed E-state index contributed by atoms with van der Waals surface area (Å²) in [6.07, 6.45) is 1.65. The lowest BCUT2D eigenvalue weighted by molar-refractivity contribution is 0.102. The number of pyridine rings is 1. The number of fused-ring (bicyclic) bond motifs is 1. The quantitative estimate of drug-likeness (QED) is 0.566. The molecule has 3 aromatic heterocycles. The molecule has 24 heavy (non-hydrogen) atoms. The maximum Gasteiger partial charge on any atom is 0.276 e. The van der Waals surface area contributed by atoms with Gasteiger partial charge in [0.25, 0.3) is 5.91 Å². The number of thiophene rings is 1. The molecule has 1 aromatic carbocycles. The Hall–Kier alpha value is -2.57. The van der Waals surface area contributed by atoms with E-state index < -0.39 is 0 Å². The second kappa shape index (κ2) is 6.14. The maximum atomic E-state index is 12.6. The zero-order chi connectivity index (χ0) is 16.5. The molecule has 0 saturated carbocycles. The number of nitrogens with one attached hydrogen (secondary N) is 1. The van der Waals surface area contributed by atoms with Crippen LogP contribution in [0.25, 0.3) is 21.3 Å². The number of anilines is 1. The summed E-state index contributed by atoms with van der Waals surface area (Å²) in [6, 6.07) is 13.7. The fraction of sp³-hybridized carbons (Fsp3) is 0.0556. The van der Waals surface area contributed by atoms with Crippen LogP contribution in [0.2, 0.25) is 0 Å². The van der Waals surface area contributed by atoms with Crippen LogP contribution in [0.15, 0.2) is 54.0 Å². The minimum Gasteiger partial charge on any atom is -0.296 e. The third-order valence-corrected chi connectivity index (χ3v) is 5.39. The van der Waals surface area contributed by atoms with Gasteiger partial charge in [0.2, 0.25) is 0 Å². The lowest BCUT2D eigenvalue weighted by Crippen LogP contribution is -2.13. The van der Waals surface area contributed by atoms with E-state index in [9.17, 15) is 4.79 Å². The molecule has 0 fully saturated rings. The normalized spacial score (nSPS) is 10.9. The number of hydrogen-bond donors (Lipinski definition) is 1. The molecule has 0 saturated heterocycles. The van der Waals surface area contributed by atoms with E-state index in [0.29, 0.717) is 10.8 Å². The SMILES string of the molecule is Cc1ccc(-c2csc(NC(=O)c3nccc4ccccc34)n2)s1. The third-order valence-electron chi connectivity index (χ3n) is 3.61. The second-order valence-electron chi connectivity index (χ2n) is 5.28. The van der Waals surface area contributed by atoms with Gasteiger partial charge in [-0.05, 0) is 30.5 Å². The van der Waals surface area contributed by atoms with Crippen LogP contribution in [0.4, 0.5) is 5.13 Å². The minimum atomic E-state index is -0.241. The van der Waals surface area contributed by atoms with Gasteiger partial charge in [-0.15, -0.1) is 22.7 Å². The zero-order valence-electron chi connectivity index (χ0n) is 12.8. The number of carbonyl (C=O) groups excluding carboxylic acids is 1. The molecule has 4 nitrogen and oxygen atoms in total. The number of rotatable bonds is 3. The van der Waals surface area contributed by atoms with E-state index >= 15 is 0 Å². The van der Waals surface area contributed by atoms with E-state index in [4.69, 9.17) is 0 Å². The van der Waals surface area contributed by atoms with Crippen molar-refractivity contribution >= 4 is 44.5 Å². The number of aromatic nitrogens is 2. The molecule has 0 aliphatic carbocycles. The van der Waals surface area contributed by atoms with Crippen molar-refractivity contribution in [1.29, 1.82) is 0 Å². The first-order valence-electron chi connectivity index (χ1n) is 7.38. The maximum absolute atomic E-state index is 12.6. The van der Waals surface area contributed by atoms with E-state index in [0.717, 1.165) is 21.3 Å². The Labute approximate surface area is 146 Å². The van der Waals surface area contributed by atoms with Crippen molar-refractivity contribution in [3.05, 3.63) is 64.6 Å². The Balaban J connectivity index is 1.61. The van der Waals surface area contributed by atoms with E-state index in [1.54, 1.807) is 17.5 Å². The molecule has 1 amide bonds. The highest BCUT2D eigenvalue weighted by atomic mass is 32.1. The highest BCUT2D eigenvalue weighted by Gasteiger charge is 2.14. The summed E-state index contributed by atoms with van der Waals surface area (Å²) in [5.41, 5.74) is 1.30. The van der Waals surface area contributed by atoms with Crippen LogP contribution in [0.5, 0.6) is 0 Å². The zero-order valence-corrected chi connectivity index (χ0v) is 14.4. The number of carbonyl (C=O) groups is 1. The van der Waals surface area contributed by atoms with Crippen molar-refractivity contribution in [2.75, 3.05) is 5.32 Å². The summed E-state index contributed by atoms with van der Waals surface area (Å²) in [5.74, 6) is -0.241. The lowest BCUT2D eigenvalue weighted by Gasteiger charge is -2.04. The molecular weight excluding hydrogens is 338 g/mol. The van der Waals surface area contributed by atoms with Crippen LogP contribution in [0, 0.1) is 6.92 Å². The molecule has 0 spiro atoms. The number of thiazole rings is 1. The van der Waals surface area contributed by atoms with Crippen LogP contribution in [-0.2, 0) is 0 Å². The highest BCUT2D eigenvalue weighted by molar-refractivity contribution is 7.17. The number of amides is 1.